The molecule has 126 valence electrons. The van der Waals surface area contributed by atoms with Crippen molar-refractivity contribution >= 4 is 11.9 Å². The van der Waals surface area contributed by atoms with Gasteiger partial charge in [-0.05, 0) is 44.2 Å². The highest BCUT2D eigenvalue weighted by atomic mass is 16.5. The third-order valence-electron chi connectivity index (χ3n) is 4.94. The zero-order chi connectivity index (χ0) is 17.0. The van der Waals surface area contributed by atoms with E-state index in [1.807, 2.05) is 19.1 Å². The first-order valence-corrected chi connectivity index (χ1v) is 8.46. The molecule has 1 fully saturated rings. The van der Waals surface area contributed by atoms with Gasteiger partial charge in [0.2, 0.25) is 0 Å². The molecule has 0 unspecified atom stereocenters. The molecular weight excluding hydrogens is 290 g/mol. The van der Waals surface area contributed by atoms with Gasteiger partial charge in [-0.3, -0.25) is 4.79 Å². The van der Waals surface area contributed by atoms with Crippen LogP contribution < -0.4 is 5.32 Å². The van der Waals surface area contributed by atoms with Gasteiger partial charge in [0.25, 0.3) is 5.91 Å². The van der Waals surface area contributed by atoms with E-state index < -0.39 is 12.1 Å². The summed E-state index contributed by atoms with van der Waals surface area (Å²) in [5.74, 6) is 0.393. The first-order valence-electron chi connectivity index (χ1n) is 8.46. The van der Waals surface area contributed by atoms with E-state index >= 15 is 0 Å². The topological polar surface area (TPSA) is 55.4 Å². The molecule has 2 rings (SSSR count). The summed E-state index contributed by atoms with van der Waals surface area (Å²) < 4.78 is 5.31. The minimum atomic E-state index is -0.785. The standard InChI is InChI=1S/C19H27NO3/c1-12-7-5-9-16(11-12)19(22)23-15(4)18(21)20-17-10-6-8-13(2)14(17)3/h5,7,9,11,13-15,17H,6,8,10H2,1-4H3,(H,20,21)/t13-,14-,15-,17+/m0/s1. The van der Waals surface area contributed by atoms with E-state index in [1.54, 1.807) is 19.1 Å². The summed E-state index contributed by atoms with van der Waals surface area (Å²) in [5, 5.41) is 3.05. The molecule has 23 heavy (non-hydrogen) atoms. The van der Waals surface area contributed by atoms with Crippen LogP contribution in [0.3, 0.4) is 0 Å². The van der Waals surface area contributed by atoms with Gasteiger partial charge in [-0.15, -0.1) is 0 Å². The molecule has 1 aliphatic carbocycles. The quantitative estimate of drug-likeness (QED) is 0.865. The number of nitrogens with one attached hydrogen (secondary N) is 1. The SMILES string of the molecule is Cc1cccc(C(=O)O[C@@H](C)C(=O)N[C@@H]2CCC[C@H](C)[C@@H]2C)c1. The fraction of sp³-hybridized carbons (Fsp3) is 0.579. The van der Waals surface area contributed by atoms with E-state index in [9.17, 15) is 9.59 Å². The lowest BCUT2D eigenvalue weighted by atomic mass is 9.78. The van der Waals surface area contributed by atoms with Gasteiger partial charge >= 0.3 is 5.97 Å². The maximum Gasteiger partial charge on any atom is 0.338 e. The van der Waals surface area contributed by atoms with Crippen molar-refractivity contribution in [3.8, 4) is 0 Å². The number of amides is 1. The Morgan fingerprint density at radius 2 is 2.00 bits per heavy atom. The largest absolute Gasteiger partial charge is 0.449 e. The highest BCUT2D eigenvalue weighted by molar-refractivity contribution is 5.92. The predicted octanol–water partition coefficient (Wildman–Crippen LogP) is 3.48. The first-order chi connectivity index (χ1) is 10.9. The Morgan fingerprint density at radius 1 is 1.26 bits per heavy atom. The molecule has 4 nitrogen and oxygen atoms in total. The van der Waals surface area contributed by atoms with Crippen molar-refractivity contribution in [1.29, 1.82) is 0 Å². The van der Waals surface area contributed by atoms with Crippen molar-refractivity contribution in [1.82, 2.24) is 5.32 Å². The number of aryl methyl sites for hydroxylation is 1. The Labute approximate surface area is 138 Å². The second kappa shape index (κ2) is 7.62. The molecule has 4 heteroatoms. The maximum atomic E-state index is 12.3. The fourth-order valence-electron chi connectivity index (χ4n) is 3.14. The van der Waals surface area contributed by atoms with Crippen LogP contribution in [0.1, 0.15) is 56.0 Å². The molecule has 1 N–H and O–H groups in total. The highest BCUT2D eigenvalue weighted by Crippen LogP contribution is 2.29. The van der Waals surface area contributed by atoms with Crippen LogP contribution in [0.15, 0.2) is 24.3 Å². The Balaban J connectivity index is 1.91. The predicted molar refractivity (Wildman–Crippen MR) is 90.2 cm³/mol. The van der Waals surface area contributed by atoms with Crippen LogP contribution in [0.2, 0.25) is 0 Å². The molecule has 0 aromatic heterocycles. The highest BCUT2D eigenvalue weighted by Gasteiger charge is 2.30. The summed E-state index contributed by atoms with van der Waals surface area (Å²) in [6.45, 7) is 7.95. The van der Waals surface area contributed by atoms with Gasteiger partial charge in [-0.1, -0.05) is 44.4 Å². The molecule has 1 aliphatic rings. The van der Waals surface area contributed by atoms with Crippen LogP contribution in [-0.4, -0.2) is 24.0 Å². The second-order valence-electron chi connectivity index (χ2n) is 6.80. The van der Waals surface area contributed by atoms with Crippen molar-refractivity contribution in [3.63, 3.8) is 0 Å². The van der Waals surface area contributed by atoms with Gasteiger partial charge in [-0.2, -0.15) is 0 Å². The molecule has 0 heterocycles. The molecule has 4 atom stereocenters. The number of esters is 1. The Bertz CT molecular complexity index is 569. The molecule has 0 saturated heterocycles. The molecule has 0 aliphatic heterocycles. The van der Waals surface area contributed by atoms with Gasteiger partial charge in [0.05, 0.1) is 5.56 Å². The van der Waals surface area contributed by atoms with Crippen LogP contribution in [0.4, 0.5) is 0 Å². The number of carbonyl (C=O) groups is 2. The van der Waals surface area contributed by atoms with Gasteiger partial charge < -0.3 is 10.1 Å². The molecular formula is C19H27NO3. The molecule has 1 aromatic rings. The second-order valence-corrected chi connectivity index (χ2v) is 6.80. The van der Waals surface area contributed by atoms with Crippen LogP contribution in [0.5, 0.6) is 0 Å². The summed E-state index contributed by atoms with van der Waals surface area (Å²) in [6, 6.07) is 7.36. The molecule has 1 amide bonds. The number of benzene rings is 1. The number of rotatable bonds is 4. The van der Waals surface area contributed by atoms with Crippen molar-refractivity contribution < 1.29 is 14.3 Å². The van der Waals surface area contributed by atoms with Crippen LogP contribution >= 0.6 is 0 Å². The Morgan fingerprint density at radius 3 is 2.70 bits per heavy atom. The zero-order valence-corrected chi connectivity index (χ0v) is 14.5. The van der Waals surface area contributed by atoms with Crippen molar-refractivity contribution in [2.24, 2.45) is 11.8 Å². The lowest BCUT2D eigenvalue weighted by Crippen LogP contribution is -2.47. The number of hydrogen-bond acceptors (Lipinski definition) is 3. The summed E-state index contributed by atoms with van der Waals surface area (Å²) in [5.41, 5.74) is 1.46. The third-order valence-corrected chi connectivity index (χ3v) is 4.94. The molecule has 1 aromatic carbocycles. The fourth-order valence-corrected chi connectivity index (χ4v) is 3.14. The van der Waals surface area contributed by atoms with Gasteiger partial charge in [0, 0.05) is 6.04 Å². The van der Waals surface area contributed by atoms with Crippen molar-refractivity contribution in [2.45, 2.75) is 59.1 Å². The van der Waals surface area contributed by atoms with Crippen LogP contribution in [0.25, 0.3) is 0 Å². The monoisotopic (exact) mass is 317 g/mol. The minimum Gasteiger partial charge on any atom is -0.449 e. The molecule has 0 bridgehead atoms. The van der Waals surface area contributed by atoms with E-state index in [2.05, 4.69) is 19.2 Å². The number of carbonyl (C=O) groups excluding carboxylic acids is 2. The van der Waals surface area contributed by atoms with Crippen LogP contribution in [0, 0.1) is 18.8 Å². The van der Waals surface area contributed by atoms with E-state index in [1.165, 1.54) is 6.42 Å². The van der Waals surface area contributed by atoms with Gasteiger partial charge in [0.1, 0.15) is 0 Å². The summed E-state index contributed by atoms with van der Waals surface area (Å²) in [7, 11) is 0. The number of hydrogen-bond donors (Lipinski definition) is 1. The van der Waals surface area contributed by atoms with E-state index in [0.29, 0.717) is 17.4 Å². The summed E-state index contributed by atoms with van der Waals surface area (Å²) in [4.78, 5) is 24.4. The Kier molecular flexibility index (Phi) is 5.80. The summed E-state index contributed by atoms with van der Waals surface area (Å²) >= 11 is 0. The molecule has 1 saturated carbocycles. The summed E-state index contributed by atoms with van der Waals surface area (Å²) in [6.07, 6.45) is 2.56. The maximum absolute atomic E-state index is 12.3. The number of ether oxygens (including phenoxy) is 1. The average Bonchev–Trinajstić information content (AvgIpc) is 2.51. The zero-order valence-electron chi connectivity index (χ0n) is 14.5. The van der Waals surface area contributed by atoms with Gasteiger partial charge in [0.15, 0.2) is 6.10 Å². The Hall–Kier alpha value is -1.84. The van der Waals surface area contributed by atoms with E-state index in [4.69, 9.17) is 4.74 Å². The van der Waals surface area contributed by atoms with Crippen molar-refractivity contribution in [3.05, 3.63) is 35.4 Å². The van der Waals surface area contributed by atoms with Crippen LogP contribution in [-0.2, 0) is 9.53 Å². The first kappa shape index (κ1) is 17.5. The molecule has 0 spiro atoms. The minimum absolute atomic E-state index is 0.173. The smallest absolute Gasteiger partial charge is 0.338 e. The van der Waals surface area contributed by atoms with E-state index in [0.717, 1.165) is 18.4 Å². The van der Waals surface area contributed by atoms with E-state index in [-0.39, 0.29) is 11.9 Å². The lowest BCUT2D eigenvalue weighted by Gasteiger charge is -2.35. The van der Waals surface area contributed by atoms with Gasteiger partial charge in [-0.25, -0.2) is 4.79 Å². The molecule has 0 radical (unpaired) electrons. The lowest BCUT2D eigenvalue weighted by molar-refractivity contribution is -0.130. The average molecular weight is 317 g/mol. The third kappa shape index (κ3) is 4.57. The van der Waals surface area contributed by atoms with Crippen molar-refractivity contribution in [2.75, 3.05) is 0 Å². The normalized spacial score (nSPS) is 25.5.